The summed E-state index contributed by atoms with van der Waals surface area (Å²) in [6, 6.07) is 35.9. The standard InChI is InChI=1S/C26H23NO/c1-20-11-13-21(14-12-20)22-15-17-24(18-16-22)27(23-7-4-3-5-8-23)25-9-6-10-26(19-25)28-2/h3-19H,1-2H3. The molecule has 0 aliphatic rings. The van der Waals surface area contributed by atoms with E-state index in [-0.39, 0.29) is 0 Å². The Morgan fingerprint density at radius 2 is 1.14 bits per heavy atom. The van der Waals surface area contributed by atoms with Crippen molar-refractivity contribution in [1.82, 2.24) is 0 Å². The molecule has 138 valence electrons. The van der Waals surface area contributed by atoms with Gasteiger partial charge >= 0.3 is 0 Å². The Morgan fingerprint density at radius 1 is 0.571 bits per heavy atom. The fourth-order valence-corrected chi connectivity index (χ4v) is 3.32. The first kappa shape index (κ1) is 17.9. The molecular formula is C26H23NO. The van der Waals surface area contributed by atoms with Crippen LogP contribution in [0.4, 0.5) is 17.1 Å². The molecule has 0 saturated heterocycles. The van der Waals surface area contributed by atoms with Crippen molar-refractivity contribution in [1.29, 1.82) is 0 Å². The van der Waals surface area contributed by atoms with Crippen molar-refractivity contribution in [2.45, 2.75) is 6.92 Å². The normalized spacial score (nSPS) is 10.5. The van der Waals surface area contributed by atoms with Gasteiger partial charge in [0.2, 0.25) is 0 Å². The Morgan fingerprint density at radius 3 is 1.79 bits per heavy atom. The van der Waals surface area contributed by atoms with Crippen LogP contribution in [-0.4, -0.2) is 7.11 Å². The number of hydrogen-bond acceptors (Lipinski definition) is 2. The van der Waals surface area contributed by atoms with E-state index >= 15 is 0 Å². The SMILES string of the molecule is COc1cccc(N(c2ccccc2)c2ccc(-c3ccc(C)cc3)cc2)c1. The number of nitrogens with zero attached hydrogens (tertiary/aromatic N) is 1. The summed E-state index contributed by atoms with van der Waals surface area (Å²) in [5.41, 5.74) is 6.99. The number of para-hydroxylation sites is 1. The summed E-state index contributed by atoms with van der Waals surface area (Å²) in [5.74, 6) is 0.842. The van der Waals surface area contributed by atoms with Crippen molar-refractivity contribution in [3.8, 4) is 16.9 Å². The van der Waals surface area contributed by atoms with Crippen molar-refractivity contribution in [2.24, 2.45) is 0 Å². The van der Waals surface area contributed by atoms with Gasteiger partial charge in [-0.1, -0.05) is 66.2 Å². The first-order valence-electron chi connectivity index (χ1n) is 9.41. The lowest BCUT2D eigenvalue weighted by atomic mass is 10.0. The third-order valence-electron chi connectivity index (χ3n) is 4.84. The smallest absolute Gasteiger partial charge is 0.120 e. The monoisotopic (exact) mass is 365 g/mol. The molecule has 28 heavy (non-hydrogen) atoms. The summed E-state index contributed by atoms with van der Waals surface area (Å²) < 4.78 is 5.44. The van der Waals surface area contributed by atoms with Crippen molar-refractivity contribution >= 4 is 17.1 Å². The Hall–Kier alpha value is -3.52. The second kappa shape index (κ2) is 8.01. The average Bonchev–Trinajstić information content (AvgIpc) is 2.76. The number of methoxy groups -OCH3 is 1. The van der Waals surface area contributed by atoms with Crippen LogP contribution in [-0.2, 0) is 0 Å². The quantitative estimate of drug-likeness (QED) is 0.373. The minimum Gasteiger partial charge on any atom is -0.497 e. The summed E-state index contributed by atoms with van der Waals surface area (Å²) in [5, 5.41) is 0. The van der Waals surface area contributed by atoms with E-state index < -0.39 is 0 Å². The predicted molar refractivity (Wildman–Crippen MR) is 118 cm³/mol. The Labute approximate surface area is 166 Å². The molecule has 2 heteroatoms. The van der Waals surface area contributed by atoms with E-state index in [0.717, 1.165) is 22.8 Å². The van der Waals surface area contributed by atoms with Gasteiger partial charge < -0.3 is 9.64 Å². The molecule has 2 nitrogen and oxygen atoms in total. The molecule has 0 radical (unpaired) electrons. The molecule has 0 unspecified atom stereocenters. The van der Waals surface area contributed by atoms with Gasteiger partial charge in [-0.25, -0.2) is 0 Å². The average molecular weight is 365 g/mol. The Balaban J connectivity index is 1.75. The molecular weight excluding hydrogens is 342 g/mol. The molecule has 0 N–H and O–H groups in total. The van der Waals surface area contributed by atoms with Gasteiger partial charge in [0.15, 0.2) is 0 Å². The van der Waals surface area contributed by atoms with Crippen LogP contribution in [0.25, 0.3) is 11.1 Å². The van der Waals surface area contributed by atoms with Gasteiger partial charge in [0.1, 0.15) is 5.75 Å². The molecule has 0 amide bonds. The minimum atomic E-state index is 0.842. The first-order valence-corrected chi connectivity index (χ1v) is 9.41. The van der Waals surface area contributed by atoms with Gasteiger partial charge in [-0.3, -0.25) is 0 Å². The zero-order valence-corrected chi connectivity index (χ0v) is 16.2. The number of rotatable bonds is 5. The second-order valence-corrected chi connectivity index (χ2v) is 6.79. The van der Waals surface area contributed by atoms with E-state index in [1.807, 2.05) is 18.2 Å². The van der Waals surface area contributed by atoms with Crippen molar-refractivity contribution < 1.29 is 4.74 Å². The lowest BCUT2D eigenvalue weighted by Crippen LogP contribution is -2.09. The maximum Gasteiger partial charge on any atom is 0.120 e. The van der Waals surface area contributed by atoms with Gasteiger partial charge in [-0.05, 0) is 54.4 Å². The molecule has 0 atom stereocenters. The van der Waals surface area contributed by atoms with Crippen LogP contribution in [0.1, 0.15) is 5.56 Å². The van der Waals surface area contributed by atoms with Gasteiger partial charge in [0.05, 0.1) is 7.11 Å². The number of anilines is 3. The second-order valence-electron chi connectivity index (χ2n) is 6.79. The third-order valence-corrected chi connectivity index (χ3v) is 4.84. The van der Waals surface area contributed by atoms with Crippen LogP contribution in [0.5, 0.6) is 5.75 Å². The zero-order valence-electron chi connectivity index (χ0n) is 16.2. The summed E-state index contributed by atoms with van der Waals surface area (Å²) in [6.07, 6.45) is 0. The highest BCUT2D eigenvalue weighted by Gasteiger charge is 2.13. The van der Waals surface area contributed by atoms with Crippen LogP contribution < -0.4 is 9.64 Å². The summed E-state index contributed by atoms with van der Waals surface area (Å²) >= 11 is 0. The first-order chi connectivity index (χ1) is 13.7. The number of ether oxygens (including phenoxy) is 1. The molecule has 4 aromatic rings. The van der Waals surface area contributed by atoms with Gasteiger partial charge in [0.25, 0.3) is 0 Å². The molecule has 0 spiro atoms. The van der Waals surface area contributed by atoms with Crippen LogP contribution in [0.3, 0.4) is 0 Å². The fraction of sp³-hybridized carbons (Fsp3) is 0.0769. The number of hydrogen-bond donors (Lipinski definition) is 0. The van der Waals surface area contributed by atoms with Crippen molar-refractivity contribution in [2.75, 3.05) is 12.0 Å². The highest BCUT2D eigenvalue weighted by molar-refractivity contribution is 5.78. The summed E-state index contributed by atoms with van der Waals surface area (Å²) in [6.45, 7) is 2.11. The zero-order chi connectivity index (χ0) is 19.3. The molecule has 0 heterocycles. The Bertz CT molecular complexity index is 1040. The molecule has 0 aliphatic heterocycles. The fourth-order valence-electron chi connectivity index (χ4n) is 3.32. The van der Waals surface area contributed by atoms with Gasteiger partial charge in [0, 0.05) is 23.1 Å². The maximum absolute atomic E-state index is 5.44. The Kier molecular flexibility index (Phi) is 5.11. The highest BCUT2D eigenvalue weighted by Crippen LogP contribution is 2.36. The molecule has 4 aromatic carbocycles. The lowest BCUT2D eigenvalue weighted by molar-refractivity contribution is 0.415. The number of aryl methyl sites for hydroxylation is 1. The molecule has 0 saturated carbocycles. The summed E-state index contributed by atoms with van der Waals surface area (Å²) in [4.78, 5) is 2.24. The summed E-state index contributed by atoms with van der Waals surface area (Å²) in [7, 11) is 1.70. The van der Waals surface area contributed by atoms with Crippen molar-refractivity contribution in [3.63, 3.8) is 0 Å². The lowest BCUT2D eigenvalue weighted by Gasteiger charge is -2.26. The van der Waals surface area contributed by atoms with E-state index in [1.165, 1.54) is 16.7 Å². The van der Waals surface area contributed by atoms with Crippen LogP contribution in [0.15, 0.2) is 103 Å². The molecule has 0 fully saturated rings. The molecule has 0 aliphatic carbocycles. The van der Waals surface area contributed by atoms with E-state index in [4.69, 9.17) is 4.74 Å². The molecule has 0 bridgehead atoms. The predicted octanol–water partition coefficient (Wildman–Crippen LogP) is 7.14. The van der Waals surface area contributed by atoms with E-state index in [2.05, 4.69) is 96.8 Å². The maximum atomic E-state index is 5.44. The highest BCUT2D eigenvalue weighted by atomic mass is 16.5. The molecule has 0 aromatic heterocycles. The topological polar surface area (TPSA) is 12.5 Å². The largest absolute Gasteiger partial charge is 0.497 e. The third kappa shape index (κ3) is 3.77. The minimum absolute atomic E-state index is 0.842. The van der Waals surface area contributed by atoms with E-state index in [9.17, 15) is 0 Å². The van der Waals surface area contributed by atoms with Gasteiger partial charge in [-0.2, -0.15) is 0 Å². The van der Waals surface area contributed by atoms with Crippen LogP contribution in [0.2, 0.25) is 0 Å². The van der Waals surface area contributed by atoms with Gasteiger partial charge in [-0.15, -0.1) is 0 Å². The van der Waals surface area contributed by atoms with E-state index in [0.29, 0.717) is 0 Å². The van der Waals surface area contributed by atoms with Crippen molar-refractivity contribution in [3.05, 3.63) is 109 Å². The van der Waals surface area contributed by atoms with Crippen LogP contribution >= 0.6 is 0 Å². The number of benzene rings is 4. The van der Waals surface area contributed by atoms with Crippen LogP contribution in [0, 0.1) is 6.92 Å². The van der Waals surface area contributed by atoms with E-state index in [1.54, 1.807) is 7.11 Å². The molecule has 4 rings (SSSR count).